The topological polar surface area (TPSA) is 30.5 Å². The van der Waals surface area contributed by atoms with E-state index in [1.165, 1.54) is 30.8 Å². The maximum atomic E-state index is 5.76. The van der Waals surface area contributed by atoms with Crippen LogP contribution in [0.25, 0.3) is 0 Å². The van der Waals surface area contributed by atoms with Crippen LogP contribution in [0.5, 0.6) is 0 Å². The number of thioether (sulfide) groups is 1. The van der Waals surface area contributed by atoms with Crippen LogP contribution in [0.2, 0.25) is 0 Å². The monoisotopic (exact) mass is 273 g/mol. The van der Waals surface area contributed by atoms with E-state index in [-0.39, 0.29) is 5.79 Å². The molecule has 0 amide bonds. The zero-order valence-electron chi connectivity index (χ0n) is 11.7. The van der Waals surface area contributed by atoms with Gasteiger partial charge in [0.2, 0.25) is 0 Å². The number of hydrogen-bond acceptors (Lipinski definition) is 4. The van der Waals surface area contributed by atoms with E-state index < -0.39 is 0 Å². The molecule has 4 heteroatoms. The molecule has 1 unspecified atom stereocenters. The van der Waals surface area contributed by atoms with E-state index >= 15 is 0 Å². The third-order valence-electron chi connectivity index (χ3n) is 3.98. The molecule has 0 aromatic rings. The van der Waals surface area contributed by atoms with Crippen LogP contribution >= 0.6 is 11.8 Å². The normalized spacial score (nSPS) is 25.7. The first-order chi connectivity index (χ1) is 8.74. The SMILES string of the molecule is CCSCCC(C)NC1CCC2(CC1)OCCO2. The van der Waals surface area contributed by atoms with Crippen molar-refractivity contribution in [1.29, 1.82) is 0 Å². The minimum atomic E-state index is -0.209. The lowest BCUT2D eigenvalue weighted by molar-refractivity contribution is -0.179. The first-order valence-corrected chi connectivity index (χ1v) is 8.51. The van der Waals surface area contributed by atoms with Gasteiger partial charge in [0.25, 0.3) is 0 Å². The first kappa shape index (κ1) is 14.6. The second kappa shape index (κ2) is 7.13. The van der Waals surface area contributed by atoms with Gasteiger partial charge < -0.3 is 14.8 Å². The molecule has 1 atom stereocenters. The maximum Gasteiger partial charge on any atom is 0.168 e. The van der Waals surface area contributed by atoms with E-state index in [1.54, 1.807) is 0 Å². The van der Waals surface area contributed by atoms with Crippen molar-refractivity contribution in [3.05, 3.63) is 0 Å². The minimum absolute atomic E-state index is 0.209. The Morgan fingerprint density at radius 1 is 1.28 bits per heavy atom. The van der Waals surface area contributed by atoms with Gasteiger partial charge in [-0.2, -0.15) is 11.8 Å². The maximum absolute atomic E-state index is 5.76. The van der Waals surface area contributed by atoms with Crippen LogP contribution in [0.3, 0.4) is 0 Å². The molecule has 3 nitrogen and oxygen atoms in total. The number of ether oxygens (including phenoxy) is 2. The van der Waals surface area contributed by atoms with Gasteiger partial charge >= 0.3 is 0 Å². The summed E-state index contributed by atoms with van der Waals surface area (Å²) in [5, 5.41) is 3.76. The summed E-state index contributed by atoms with van der Waals surface area (Å²) in [7, 11) is 0. The van der Waals surface area contributed by atoms with Crippen molar-refractivity contribution in [2.45, 2.75) is 63.8 Å². The molecule has 0 aromatic carbocycles. The molecule has 18 heavy (non-hydrogen) atoms. The molecule has 1 saturated carbocycles. The molecule has 0 radical (unpaired) electrons. The quantitative estimate of drug-likeness (QED) is 0.754. The van der Waals surface area contributed by atoms with Crippen molar-refractivity contribution in [3.8, 4) is 0 Å². The molecule has 2 fully saturated rings. The Bertz CT molecular complexity index is 234. The van der Waals surface area contributed by atoms with Crippen molar-refractivity contribution < 1.29 is 9.47 Å². The fourth-order valence-electron chi connectivity index (χ4n) is 2.90. The van der Waals surface area contributed by atoms with Gasteiger partial charge in [-0.25, -0.2) is 0 Å². The molecule has 0 aromatic heterocycles. The molecule has 1 aliphatic carbocycles. The van der Waals surface area contributed by atoms with Crippen molar-refractivity contribution in [2.24, 2.45) is 0 Å². The predicted octanol–water partition coefficient (Wildman–Crippen LogP) is 2.79. The number of hydrogen-bond donors (Lipinski definition) is 1. The molecule has 1 spiro atoms. The van der Waals surface area contributed by atoms with Gasteiger partial charge in [0, 0.05) is 24.9 Å². The fourth-order valence-corrected chi connectivity index (χ4v) is 3.71. The highest BCUT2D eigenvalue weighted by Gasteiger charge is 2.40. The van der Waals surface area contributed by atoms with Gasteiger partial charge in [-0.15, -0.1) is 0 Å². The first-order valence-electron chi connectivity index (χ1n) is 7.36. The van der Waals surface area contributed by atoms with Gasteiger partial charge in [0.15, 0.2) is 5.79 Å². The summed E-state index contributed by atoms with van der Waals surface area (Å²) in [6.45, 7) is 6.10. The van der Waals surface area contributed by atoms with E-state index in [1.807, 2.05) is 11.8 Å². The van der Waals surface area contributed by atoms with Gasteiger partial charge in [0.05, 0.1) is 13.2 Å². The number of nitrogens with one attached hydrogen (secondary N) is 1. The Kier molecular flexibility index (Phi) is 5.80. The van der Waals surface area contributed by atoms with Gasteiger partial charge in [-0.1, -0.05) is 6.92 Å². The number of rotatable bonds is 6. The molecule has 1 N–H and O–H groups in total. The molecule has 1 aliphatic heterocycles. The van der Waals surface area contributed by atoms with Gasteiger partial charge in [-0.3, -0.25) is 0 Å². The average molecular weight is 273 g/mol. The lowest BCUT2D eigenvalue weighted by Crippen LogP contribution is -2.44. The fraction of sp³-hybridized carbons (Fsp3) is 1.00. The summed E-state index contributed by atoms with van der Waals surface area (Å²) in [6, 6.07) is 1.29. The molecular weight excluding hydrogens is 246 g/mol. The average Bonchev–Trinajstić information content (AvgIpc) is 2.81. The van der Waals surface area contributed by atoms with Crippen LogP contribution in [-0.2, 0) is 9.47 Å². The van der Waals surface area contributed by atoms with E-state index in [0.717, 1.165) is 26.1 Å². The zero-order chi connectivity index (χ0) is 12.8. The van der Waals surface area contributed by atoms with Crippen molar-refractivity contribution in [3.63, 3.8) is 0 Å². The Labute approximate surface area is 115 Å². The lowest BCUT2D eigenvalue weighted by Gasteiger charge is -2.36. The Balaban J connectivity index is 1.63. The molecule has 1 saturated heterocycles. The Morgan fingerprint density at radius 3 is 2.56 bits per heavy atom. The molecular formula is C14H27NO2S. The summed E-state index contributed by atoms with van der Waals surface area (Å²) in [5.41, 5.74) is 0. The molecule has 1 heterocycles. The van der Waals surface area contributed by atoms with Gasteiger partial charge in [0.1, 0.15) is 0 Å². The van der Waals surface area contributed by atoms with Crippen LogP contribution < -0.4 is 5.32 Å². The third kappa shape index (κ3) is 4.12. The van der Waals surface area contributed by atoms with E-state index in [0.29, 0.717) is 12.1 Å². The summed E-state index contributed by atoms with van der Waals surface area (Å²) in [6.07, 6.45) is 5.76. The predicted molar refractivity (Wildman–Crippen MR) is 77.1 cm³/mol. The second-order valence-electron chi connectivity index (χ2n) is 5.44. The van der Waals surface area contributed by atoms with Crippen LogP contribution in [0, 0.1) is 0 Å². The highest BCUT2D eigenvalue weighted by atomic mass is 32.2. The smallest absolute Gasteiger partial charge is 0.168 e. The van der Waals surface area contributed by atoms with Crippen molar-refractivity contribution in [2.75, 3.05) is 24.7 Å². The standard InChI is InChI=1S/C14H27NO2S/c1-3-18-11-6-12(2)15-13-4-7-14(8-5-13)16-9-10-17-14/h12-13,15H,3-11H2,1-2H3. The molecule has 2 rings (SSSR count). The molecule has 106 valence electrons. The minimum Gasteiger partial charge on any atom is -0.348 e. The largest absolute Gasteiger partial charge is 0.348 e. The summed E-state index contributed by atoms with van der Waals surface area (Å²) in [4.78, 5) is 0. The zero-order valence-corrected chi connectivity index (χ0v) is 12.6. The van der Waals surface area contributed by atoms with Crippen LogP contribution in [0.15, 0.2) is 0 Å². The van der Waals surface area contributed by atoms with E-state index in [4.69, 9.17) is 9.47 Å². The summed E-state index contributed by atoms with van der Waals surface area (Å²) in [5.74, 6) is 2.29. The third-order valence-corrected chi connectivity index (χ3v) is 4.91. The summed E-state index contributed by atoms with van der Waals surface area (Å²) < 4.78 is 11.5. The van der Waals surface area contributed by atoms with Crippen molar-refractivity contribution in [1.82, 2.24) is 5.32 Å². The highest BCUT2D eigenvalue weighted by Crippen LogP contribution is 2.35. The highest BCUT2D eigenvalue weighted by molar-refractivity contribution is 7.99. The van der Waals surface area contributed by atoms with Gasteiger partial charge in [-0.05, 0) is 37.7 Å². The lowest BCUT2D eigenvalue weighted by atomic mass is 9.89. The van der Waals surface area contributed by atoms with Crippen LogP contribution in [0.1, 0.15) is 46.0 Å². The molecule has 0 bridgehead atoms. The van der Waals surface area contributed by atoms with E-state index in [2.05, 4.69) is 19.2 Å². The van der Waals surface area contributed by atoms with Crippen LogP contribution in [0.4, 0.5) is 0 Å². The molecule has 2 aliphatic rings. The summed E-state index contributed by atoms with van der Waals surface area (Å²) >= 11 is 2.03. The van der Waals surface area contributed by atoms with Crippen molar-refractivity contribution >= 4 is 11.8 Å². The Morgan fingerprint density at radius 2 is 1.94 bits per heavy atom. The Hall–Kier alpha value is 0.230. The second-order valence-corrected chi connectivity index (χ2v) is 6.83. The van der Waals surface area contributed by atoms with E-state index in [9.17, 15) is 0 Å². The van der Waals surface area contributed by atoms with Crippen LogP contribution in [-0.4, -0.2) is 42.6 Å².